The van der Waals surface area contributed by atoms with Gasteiger partial charge in [-0.1, -0.05) is 84.4 Å². The first kappa shape index (κ1) is 38.4. The largest absolute Gasteiger partial charge is 0.492 e. The molecule has 7 heterocycles. The molecule has 0 fully saturated rings. The lowest BCUT2D eigenvalue weighted by Gasteiger charge is -2.13. The summed E-state index contributed by atoms with van der Waals surface area (Å²) in [6, 6.07) is 30.4. The highest BCUT2D eigenvalue weighted by Crippen LogP contribution is 2.50. The molecule has 12 nitrogen and oxygen atoms in total. The number of fused-ring (bicyclic) bond motifs is 2. The van der Waals surface area contributed by atoms with Crippen molar-refractivity contribution < 1.29 is 9.84 Å². The Hall–Kier alpha value is -6.84. The lowest BCUT2D eigenvalue weighted by atomic mass is 9.97. The van der Waals surface area contributed by atoms with Crippen molar-refractivity contribution in [3.05, 3.63) is 127 Å². The zero-order valence-corrected chi connectivity index (χ0v) is 35.4. The van der Waals surface area contributed by atoms with Gasteiger partial charge in [0, 0.05) is 95.8 Å². The van der Waals surface area contributed by atoms with Crippen LogP contribution in [0.15, 0.2) is 122 Å². The number of aryl methyl sites for hydroxylation is 2. The Labute approximate surface area is 362 Å². The smallest absolute Gasteiger partial charge is 0.233 e. The molecular formula is C46H35ClN10O2S2. The van der Waals surface area contributed by atoms with Crippen molar-refractivity contribution in [1.29, 1.82) is 0 Å². The number of methoxy groups -OCH3 is 1. The molecule has 0 aliphatic heterocycles. The number of thiophene rings is 2. The molecule has 2 N–H and O–H groups in total. The van der Waals surface area contributed by atoms with Crippen LogP contribution in [0, 0.1) is 0 Å². The minimum Gasteiger partial charge on any atom is -0.492 e. The van der Waals surface area contributed by atoms with Crippen LogP contribution < -0.4 is 5.32 Å². The third kappa shape index (κ3) is 6.98. The van der Waals surface area contributed by atoms with E-state index < -0.39 is 0 Å². The summed E-state index contributed by atoms with van der Waals surface area (Å²) >= 11 is 10.4. The highest BCUT2D eigenvalue weighted by atomic mass is 35.5. The number of nitrogens with zero attached hydrogens (tertiary/aromatic N) is 9. The first-order valence-electron chi connectivity index (χ1n) is 19.3. The second-order valence-electron chi connectivity index (χ2n) is 14.2. The van der Waals surface area contributed by atoms with E-state index in [0.717, 1.165) is 64.6 Å². The molecule has 0 saturated carbocycles. The van der Waals surface area contributed by atoms with Crippen LogP contribution in [0.5, 0.6) is 5.88 Å². The molecule has 15 heteroatoms. The lowest BCUT2D eigenvalue weighted by Crippen LogP contribution is -2.10. The minimum atomic E-state index is -0.115. The van der Waals surface area contributed by atoms with E-state index in [0.29, 0.717) is 57.5 Å². The molecule has 0 saturated heterocycles. The number of anilines is 1. The van der Waals surface area contributed by atoms with E-state index in [-0.39, 0.29) is 5.88 Å². The van der Waals surface area contributed by atoms with Crippen molar-refractivity contribution in [2.45, 2.75) is 0 Å². The van der Waals surface area contributed by atoms with Crippen molar-refractivity contribution in [2.24, 2.45) is 14.1 Å². The molecule has 300 valence electrons. The predicted molar refractivity (Wildman–Crippen MR) is 245 cm³/mol. The Morgan fingerprint density at radius 3 is 2.00 bits per heavy atom. The van der Waals surface area contributed by atoms with E-state index >= 15 is 0 Å². The van der Waals surface area contributed by atoms with Crippen molar-refractivity contribution in [3.8, 4) is 83.6 Å². The van der Waals surface area contributed by atoms with Gasteiger partial charge in [0.05, 0.1) is 23.2 Å². The normalized spacial score (nSPS) is 11.5. The third-order valence-corrected chi connectivity index (χ3v) is 13.0. The molecule has 0 spiro atoms. The van der Waals surface area contributed by atoms with Gasteiger partial charge in [0.2, 0.25) is 5.88 Å². The van der Waals surface area contributed by atoms with Gasteiger partial charge in [-0.15, -0.1) is 22.7 Å². The van der Waals surface area contributed by atoms with E-state index in [1.165, 1.54) is 11.3 Å². The number of aromatic hydroxyl groups is 1. The van der Waals surface area contributed by atoms with Crippen molar-refractivity contribution in [3.63, 3.8) is 0 Å². The first-order chi connectivity index (χ1) is 29.9. The van der Waals surface area contributed by atoms with Gasteiger partial charge in [0.1, 0.15) is 15.3 Å². The number of nitrogens with one attached hydrogen (secondary N) is 1. The second-order valence-corrected chi connectivity index (χ2v) is 16.7. The summed E-state index contributed by atoms with van der Waals surface area (Å²) in [7, 11) is 5.48. The van der Waals surface area contributed by atoms with Gasteiger partial charge in [0.15, 0.2) is 23.3 Å². The average Bonchev–Trinajstić information content (AvgIpc) is 4.09. The second kappa shape index (κ2) is 16.0. The zero-order valence-electron chi connectivity index (χ0n) is 33.0. The highest BCUT2D eigenvalue weighted by molar-refractivity contribution is 7.23. The lowest BCUT2D eigenvalue weighted by molar-refractivity contribution is 0.210. The molecular weight excluding hydrogens is 824 g/mol. The summed E-state index contributed by atoms with van der Waals surface area (Å²) in [6.45, 7) is 1.05. The summed E-state index contributed by atoms with van der Waals surface area (Å²) < 4.78 is 9.71. The molecule has 10 rings (SSSR count). The number of aromatic nitrogens is 9. The van der Waals surface area contributed by atoms with Crippen LogP contribution in [-0.4, -0.2) is 69.4 Å². The van der Waals surface area contributed by atoms with Gasteiger partial charge in [0.25, 0.3) is 0 Å². The molecule has 0 unspecified atom stereocenters. The molecule has 0 bridgehead atoms. The van der Waals surface area contributed by atoms with Crippen LogP contribution in [0.4, 0.5) is 5.82 Å². The van der Waals surface area contributed by atoms with Crippen LogP contribution >= 0.6 is 34.3 Å². The number of benzene rings is 3. The van der Waals surface area contributed by atoms with Crippen LogP contribution in [0.3, 0.4) is 0 Å². The molecule has 0 radical (unpaired) electrons. The highest BCUT2D eigenvalue weighted by Gasteiger charge is 2.26. The molecule has 0 aliphatic carbocycles. The quantitative estimate of drug-likeness (QED) is 0.121. The van der Waals surface area contributed by atoms with E-state index in [4.69, 9.17) is 36.3 Å². The minimum absolute atomic E-state index is 0.115. The number of rotatable bonds is 11. The number of hydrogen-bond acceptors (Lipinski definition) is 12. The van der Waals surface area contributed by atoms with E-state index in [9.17, 15) is 5.11 Å². The molecule has 0 aliphatic rings. The summed E-state index contributed by atoms with van der Waals surface area (Å²) in [5.74, 6) is 2.63. The average molecular weight is 859 g/mol. The molecule has 7 aromatic heterocycles. The number of pyridine rings is 1. The molecule has 61 heavy (non-hydrogen) atoms. The zero-order chi connectivity index (χ0) is 41.6. The summed E-state index contributed by atoms with van der Waals surface area (Å²) in [6.07, 6.45) is 8.95. The number of ether oxygens (including phenoxy) is 1. The Balaban J connectivity index is 1.12. The SMILES string of the molecule is COCCNc1nc(-c2nccn2C)nc2sc(-c3ccccc3)c(-c3ccnc(-c4ccc(-c5c(-c6ccccc6)sc6c(O)nc(-c7nccn7C)nc56)c(Cl)c4)c3)c12. The monoisotopic (exact) mass is 858 g/mol. The summed E-state index contributed by atoms with van der Waals surface area (Å²) in [5, 5.41) is 16.2. The van der Waals surface area contributed by atoms with Crippen molar-refractivity contribution in [1.82, 2.24) is 44.0 Å². The van der Waals surface area contributed by atoms with Crippen LogP contribution in [0.25, 0.3) is 98.1 Å². The van der Waals surface area contributed by atoms with Crippen LogP contribution in [-0.2, 0) is 18.8 Å². The number of halogens is 1. The van der Waals surface area contributed by atoms with Crippen molar-refractivity contribution >= 4 is 60.5 Å². The van der Waals surface area contributed by atoms with Gasteiger partial charge in [-0.3, -0.25) is 4.98 Å². The van der Waals surface area contributed by atoms with Gasteiger partial charge in [-0.2, -0.15) is 4.98 Å². The van der Waals surface area contributed by atoms with Crippen molar-refractivity contribution in [2.75, 3.05) is 25.6 Å². The fourth-order valence-electron chi connectivity index (χ4n) is 7.46. The fourth-order valence-corrected chi connectivity index (χ4v) is 10.1. The van der Waals surface area contributed by atoms with Crippen LogP contribution in [0.1, 0.15) is 0 Å². The standard InChI is InChI=1S/C46H35ClN10O2S2/c1-56-21-18-50-43(56)41-52-36-34(38(27-12-8-5-9-13-27)60-39(36)45(58)54-41)30-15-14-28(24-31(30)47)32-25-29(16-17-48-32)33-35-40(49-20-23-59-3)53-42(44-51-19-22-57(44)2)55-46(35)61-37(33)26-10-6-4-7-11-26/h4-19,21-22,24-25H,20,23H2,1-3H3,(H,49,53,55)(H,52,54,58). The Morgan fingerprint density at radius 2 is 1.36 bits per heavy atom. The summed E-state index contributed by atoms with van der Waals surface area (Å²) in [5.41, 5.74) is 7.68. The maximum atomic E-state index is 11.3. The topological polar surface area (TPSA) is 142 Å². The van der Waals surface area contributed by atoms with E-state index in [1.54, 1.807) is 30.8 Å². The number of imidazole rings is 2. The maximum Gasteiger partial charge on any atom is 0.233 e. The van der Waals surface area contributed by atoms with E-state index in [1.807, 2.05) is 115 Å². The molecule has 3 aromatic carbocycles. The first-order valence-corrected chi connectivity index (χ1v) is 21.3. The predicted octanol–water partition coefficient (Wildman–Crippen LogP) is 10.6. The Kier molecular flexibility index (Phi) is 10.0. The molecule has 0 atom stereocenters. The fraction of sp³-hybridized carbons (Fsp3) is 0.109. The van der Waals surface area contributed by atoms with Gasteiger partial charge in [-0.05, 0) is 34.9 Å². The summed E-state index contributed by atoms with van der Waals surface area (Å²) in [4.78, 5) is 36.3. The van der Waals surface area contributed by atoms with Gasteiger partial charge in [-0.25, -0.2) is 24.9 Å². The van der Waals surface area contributed by atoms with E-state index in [2.05, 4.69) is 38.5 Å². The molecule has 0 amide bonds. The van der Waals surface area contributed by atoms with Crippen LogP contribution in [0.2, 0.25) is 5.02 Å². The van der Waals surface area contributed by atoms with Gasteiger partial charge >= 0.3 is 0 Å². The third-order valence-electron chi connectivity index (χ3n) is 10.4. The van der Waals surface area contributed by atoms with Gasteiger partial charge < -0.3 is 24.3 Å². The molecule has 10 aromatic rings. The Morgan fingerprint density at radius 1 is 0.689 bits per heavy atom. The Bertz CT molecular complexity index is 3230. The maximum absolute atomic E-state index is 11.3. The number of hydrogen-bond donors (Lipinski definition) is 2.